The van der Waals surface area contributed by atoms with E-state index >= 15 is 0 Å². The van der Waals surface area contributed by atoms with Gasteiger partial charge in [-0.1, -0.05) is 25.5 Å². The maximum Gasteiger partial charge on any atom is 0.358 e. The summed E-state index contributed by atoms with van der Waals surface area (Å²) in [4.78, 5) is 9.42. The van der Waals surface area contributed by atoms with Crippen LogP contribution >= 0.6 is 7.60 Å². The summed E-state index contributed by atoms with van der Waals surface area (Å²) in [6, 6.07) is 7.07. The van der Waals surface area contributed by atoms with Gasteiger partial charge in [0.2, 0.25) is 0 Å². The van der Waals surface area contributed by atoms with Crippen LogP contribution in [0.25, 0.3) is 0 Å². The molecule has 0 saturated heterocycles. The predicted molar refractivity (Wildman–Crippen MR) is 56.9 cm³/mol. The Morgan fingerprint density at radius 2 is 2.21 bits per heavy atom. The summed E-state index contributed by atoms with van der Waals surface area (Å²) in [5, 5.41) is 0.367. The number of rotatable bonds is 4. The zero-order valence-electron chi connectivity index (χ0n) is 8.43. The molecule has 1 aromatic carbocycles. The maximum absolute atomic E-state index is 11.5. The Morgan fingerprint density at radius 3 is 2.79 bits per heavy atom. The minimum atomic E-state index is -3.58. The van der Waals surface area contributed by atoms with Crippen LogP contribution in [0.2, 0.25) is 0 Å². The lowest BCUT2D eigenvalue weighted by molar-refractivity contribution is 0.328. The third-order valence-electron chi connectivity index (χ3n) is 2.02. The summed E-state index contributed by atoms with van der Waals surface area (Å²) >= 11 is 0. The van der Waals surface area contributed by atoms with E-state index in [4.69, 9.17) is 0 Å². The highest BCUT2D eigenvalue weighted by atomic mass is 31.2. The van der Waals surface area contributed by atoms with Crippen molar-refractivity contribution in [3.63, 3.8) is 0 Å². The van der Waals surface area contributed by atoms with Gasteiger partial charge < -0.3 is 9.42 Å². The summed E-state index contributed by atoms with van der Waals surface area (Å²) in [5.74, 6) is 0. The molecule has 78 valence electrons. The molecule has 1 N–H and O–H groups in total. The Morgan fingerprint density at radius 1 is 1.50 bits per heavy atom. The van der Waals surface area contributed by atoms with E-state index in [1.807, 2.05) is 6.07 Å². The average molecular weight is 214 g/mol. The van der Waals surface area contributed by atoms with Crippen molar-refractivity contribution in [2.75, 3.05) is 7.11 Å². The molecule has 0 spiro atoms. The molecular weight excluding hydrogens is 199 g/mol. The van der Waals surface area contributed by atoms with Crippen LogP contribution in [0.1, 0.15) is 18.9 Å². The van der Waals surface area contributed by atoms with E-state index in [1.54, 1.807) is 18.2 Å². The Labute approximate surface area is 84.3 Å². The van der Waals surface area contributed by atoms with Gasteiger partial charge in [0.05, 0.1) is 5.30 Å². The first-order chi connectivity index (χ1) is 6.60. The molecule has 0 radical (unpaired) electrons. The van der Waals surface area contributed by atoms with Crippen LogP contribution in [0.15, 0.2) is 24.3 Å². The van der Waals surface area contributed by atoms with Crippen molar-refractivity contribution in [1.82, 2.24) is 0 Å². The first-order valence-electron chi connectivity index (χ1n) is 4.58. The lowest BCUT2D eigenvalue weighted by Gasteiger charge is -2.09. The molecule has 1 rings (SSSR count). The topological polar surface area (TPSA) is 46.5 Å². The summed E-state index contributed by atoms with van der Waals surface area (Å²) in [6.07, 6.45) is 1.93. The quantitative estimate of drug-likeness (QED) is 0.780. The Bertz CT molecular complexity index is 349. The molecule has 3 nitrogen and oxygen atoms in total. The van der Waals surface area contributed by atoms with E-state index in [-0.39, 0.29) is 0 Å². The highest BCUT2D eigenvalue weighted by Gasteiger charge is 2.20. The lowest BCUT2D eigenvalue weighted by Crippen LogP contribution is -2.06. The van der Waals surface area contributed by atoms with Crippen LogP contribution in [0.5, 0.6) is 0 Å². The zero-order chi connectivity index (χ0) is 10.6. The van der Waals surface area contributed by atoms with Crippen LogP contribution in [0.4, 0.5) is 0 Å². The minimum Gasteiger partial charge on any atom is -0.321 e. The first kappa shape index (κ1) is 11.4. The molecule has 0 aliphatic heterocycles. The summed E-state index contributed by atoms with van der Waals surface area (Å²) in [6.45, 7) is 2.07. The standard InChI is InChI=1S/C10H15O3P/c1-3-5-9-6-4-7-10(8-9)14(11,12)13-2/h4,6-8H,3,5H2,1-2H3,(H,11,12). The van der Waals surface area contributed by atoms with Crippen molar-refractivity contribution in [1.29, 1.82) is 0 Å². The summed E-state index contributed by atoms with van der Waals surface area (Å²) < 4.78 is 16.0. The Kier molecular flexibility index (Phi) is 3.87. The van der Waals surface area contributed by atoms with Gasteiger partial charge in [0.25, 0.3) is 0 Å². The molecule has 4 heteroatoms. The second-order valence-corrected chi connectivity index (χ2v) is 5.05. The van der Waals surface area contributed by atoms with Crippen molar-refractivity contribution >= 4 is 12.9 Å². The first-order valence-corrected chi connectivity index (χ1v) is 6.16. The van der Waals surface area contributed by atoms with E-state index in [1.165, 1.54) is 7.11 Å². The van der Waals surface area contributed by atoms with Gasteiger partial charge in [-0.15, -0.1) is 0 Å². The fourth-order valence-electron chi connectivity index (χ4n) is 1.28. The molecule has 0 aromatic heterocycles. The van der Waals surface area contributed by atoms with Crippen LogP contribution < -0.4 is 5.30 Å². The molecule has 0 amide bonds. The highest BCUT2D eigenvalue weighted by molar-refractivity contribution is 7.61. The van der Waals surface area contributed by atoms with Gasteiger partial charge in [-0.3, -0.25) is 4.57 Å². The normalized spacial score (nSPS) is 15.1. The van der Waals surface area contributed by atoms with Crippen LogP contribution in [0.3, 0.4) is 0 Å². The maximum atomic E-state index is 11.5. The van der Waals surface area contributed by atoms with Crippen molar-refractivity contribution in [2.24, 2.45) is 0 Å². The van der Waals surface area contributed by atoms with Crippen LogP contribution in [-0.4, -0.2) is 12.0 Å². The van der Waals surface area contributed by atoms with E-state index < -0.39 is 7.60 Å². The SMILES string of the molecule is CCCc1cccc(P(=O)(O)OC)c1. The summed E-state index contributed by atoms with van der Waals surface area (Å²) in [5.41, 5.74) is 1.07. The predicted octanol–water partition coefficient (Wildman–Crippen LogP) is 2.10. The van der Waals surface area contributed by atoms with Gasteiger partial charge in [-0.05, 0) is 24.1 Å². The molecule has 1 aromatic rings. The van der Waals surface area contributed by atoms with Gasteiger partial charge in [-0.25, -0.2) is 0 Å². The van der Waals surface area contributed by atoms with Crippen molar-refractivity contribution < 1.29 is 14.0 Å². The highest BCUT2D eigenvalue weighted by Crippen LogP contribution is 2.39. The lowest BCUT2D eigenvalue weighted by atomic mass is 10.1. The largest absolute Gasteiger partial charge is 0.358 e. The van der Waals surface area contributed by atoms with E-state index in [9.17, 15) is 9.46 Å². The fraction of sp³-hybridized carbons (Fsp3) is 0.400. The van der Waals surface area contributed by atoms with Crippen molar-refractivity contribution in [3.05, 3.63) is 29.8 Å². The third kappa shape index (κ3) is 2.68. The molecule has 0 heterocycles. The van der Waals surface area contributed by atoms with Crippen molar-refractivity contribution in [2.45, 2.75) is 19.8 Å². The van der Waals surface area contributed by atoms with E-state index in [2.05, 4.69) is 11.4 Å². The molecule has 0 saturated carbocycles. The third-order valence-corrected chi connectivity index (χ3v) is 3.45. The minimum absolute atomic E-state index is 0.367. The molecule has 14 heavy (non-hydrogen) atoms. The number of aryl methyl sites for hydroxylation is 1. The van der Waals surface area contributed by atoms with Gasteiger partial charge in [-0.2, -0.15) is 0 Å². The molecule has 1 unspecified atom stereocenters. The smallest absolute Gasteiger partial charge is 0.321 e. The van der Waals surface area contributed by atoms with Gasteiger partial charge >= 0.3 is 7.60 Å². The van der Waals surface area contributed by atoms with Crippen molar-refractivity contribution in [3.8, 4) is 0 Å². The van der Waals surface area contributed by atoms with Gasteiger partial charge in [0.15, 0.2) is 0 Å². The van der Waals surface area contributed by atoms with E-state index in [0.29, 0.717) is 5.30 Å². The molecule has 0 aliphatic rings. The molecule has 0 aliphatic carbocycles. The Balaban J connectivity index is 2.99. The van der Waals surface area contributed by atoms with Crippen LogP contribution in [0, 0.1) is 0 Å². The average Bonchev–Trinajstić information content (AvgIpc) is 2.19. The van der Waals surface area contributed by atoms with Gasteiger partial charge in [0, 0.05) is 7.11 Å². The molecule has 1 atom stereocenters. The number of hydrogen-bond acceptors (Lipinski definition) is 2. The molecule has 0 bridgehead atoms. The second-order valence-electron chi connectivity index (χ2n) is 3.12. The summed E-state index contributed by atoms with van der Waals surface area (Å²) in [7, 11) is -2.33. The Hall–Kier alpha value is -0.630. The van der Waals surface area contributed by atoms with E-state index in [0.717, 1.165) is 18.4 Å². The fourth-order valence-corrected chi connectivity index (χ4v) is 2.10. The molecular formula is C10H15O3P. The zero-order valence-corrected chi connectivity index (χ0v) is 9.33. The molecule has 0 fully saturated rings. The second kappa shape index (κ2) is 4.74. The number of benzene rings is 1. The van der Waals surface area contributed by atoms with Crippen LogP contribution in [-0.2, 0) is 15.5 Å². The monoisotopic (exact) mass is 214 g/mol. The number of hydrogen-bond donors (Lipinski definition) is 1. The van der Waals surface area contributed by atoms with Gasteiger partial charge in [0.1, 0.15) is 0 Å².